The third-order valence-corrected chi connectivity index (χ3v) is 6.37. The first-order valence-corrected chi connectivity index (χ1v) is 10.8. The fourth-order valence-electron chi connectivity index (χ4n) is 4.63. The van der Waals surface area contributed by atoms with Crippen LogP contribution in [0.5, 0.6) is 0 Å². The first-order chi connectivity index (χ1) is 14.8. The van der Waals surface area contributed by atoms with Crippen LogP contribution in [-0.2, 0) is 9.59 Å². The number of fused-ring (bicyclic) bond motifs is 1. The fourth-order valence-corrected chi connectivity index (χ4v) is 4.63. The smallest absolute Gasteiger partial charge is 0.335 e. The third-order valence-electron chi connectivity index (χ3n) is 6.37. The first-order valence-electron chi connectivity index (χ1n) is 10.8. The van der Waals surface area contributed by atoms with Crippen LogP contribution in [0.2, 0.25) is 0 Å². The van der Waals surface area contributed by atoms with Crippen molar-refractivity contribution < 1.29 is 28.7 Å². The maximum absolute atomic E-state index is 13.0. The summed E-state index contributed by atoms with van der Waals surface area (Å²) in [6, 6.07) is 4.27. The molecule has 8 nitrogen and oxygen atoms in total. The Kier molecular flexibility index (Phi) is 5.80. The number of Topliss-reactive ketones (excluding diaryl/α,β-unsaturated/α-hetero) is 1. The number of nitrogens with zero attached hydrogens (tertiary/aromatic N) is 1. The lowest BCUT2D eigenvalue weighted by Gasteiger charge is -2.29. The summed E-state index contributed by atoms with van der Waals surface area (Å²) in [6.45, 7) is 3.00. The third kappa shape index (κ3) is 4.19. The van der Waals surface area contributed by atoms with Gasteiger partial charge in [0.1, 0.15) is 5.58 Å². The van der Waals surface area contributed by atoms with Crippen LogP contribution in [0.15, 0.2) is 22.6 Å². The van der Waals surface area contributed by atoms with Gasteiger partial charge in [0.05, 0.1) is 11.3 Å². The number of furan rings is 1. The molecule has 2 amide bonds. The van der Waals surface area contributed by atoms with Crippen LogP contribution in [0.1, 0.15) is 66.4 Å². The molecule has 2 aromatic rings. The predicted molar refractivity (Wildman–Crippen MR) is 113 cm³/mol. The topological polar surface area (TPSA) is 117 Å². The van der Waals surface area contributed by atoms with Gasteiger partial charge in [-0.3, -0.25) is 14.4 Å². The molecule has 2 N–H and O–H groups in total. The van der Waals surface area contributed by atoms with E-state index in [9.17, 15) is 24.3 Å². The highest BCUT2D eigenvalue weighted by atomic mass is 16.4. The average Bonchev–Trinajstić information content (AvgIpc) is 3.41. The standard InChI is InChI=1S/C23H26N2O6/c1-13(26)20-19(17-12-16(23(29)30)8-9-18(17)31-20)24-21(27)14-4-6-15(7-5-14)22(28)25-10-2-3-11-25/h8-9,12,14-15H,2-7,10-11H2,1H3,(H,24,27)(H,29,30). The van der Waals surface area contributed by atoms with Gasteiger partial charge in [-0.05, 0) is 56.7 Å². The zero-order chi connectivity index (χ0) is 22.1. The van der Waals surface area contributed by atoms with Crippen molar-refractivity contribution in [3.05, 3.63) is 29.5 Å². The highest BCUT2D eigenvalue weighted by Gasteiger charge is 2.33. The molecule has 1 aromatic carbocycles. The maximum atomic E-state index is 13.0. The molecule has 1 aliphatic heterocycles. The van der Waals surface area contributed by atoms with Gasteiger partial charge in [-0.25, -0.2) is 4.79 Å². The number of amides is 2. The van der Waals surface area contributed by atoms with Crippen molar-refractivity contribution >= 4 is 40.2 Å². The van der Waals surface area contributed by atoms with Gasteiger partial charge in [0.25, 0.3) is 0 Å². The molecular weight excluding hydrogens is 400 g/mol. The van der Waals surface area contributed by atoms with E-state index in [1.54, 1.807) is 0 Å². The Morgan fingerprint density at radius 2 is 1.68 bits per heavy atom. The molecule has 8 heteroatoms. The molecule has 1 aromatic heterocycles. The van der Waals surface area contributed by atoms with E-state index in [1.165, 1.54) is 25.1 Å². The van der Waals surface area contributed by atoms with Crippen LogP contribution in [-0.4, -0.2) is 46.7 Å². The Hall–Kier alpha value is -3.16. The summed E-state index contributed by atoms with van der Waals surface area (Å²) in [5.41, 5.74) is 0.594. The molecule has 31 heavy (non-hydrogen) atoms. The summed E-state index contributed by atoms with van der Waals surface area (Å²) in [7, 11) is 0. The summed E-state index contributed by atoms with van der Waals surface area (Å²) < 4.78 is 5.58. The number of aromatic carboxylic acids is 1. The van der Waals surface area contributed by atoms with E-state index < -0.39 is 5.97 Å². The number of carboxylic acid groups (broad SMARTS) is 1. The Bertz CT molecular complexity index is 1040. The Labute approximate surface area is 179 Å². The van der Waals surface area contributed by atoms with Gasteiger partial charge in [0.2, 0.25) is 11.8 Å². The molecule has 0 atom stereocenters. The Balaban J connectivity index is 1.49. The molecule has 2 heterocycles. The molecule has 1 saturated heterocycles. The average molecular weight is 426 g/mol. The largest absolute Gasteiger partial charge is 0.478 e. The number of ketones is 1. The van der Waals surface area contributed by atoms with Gasteiger partial charge in [0, 0.05) is 37.2 Å². The van der Waals surface area contributed by atoms with Gasteiger partial charge < -0.3 is 19.7 Å². The van der Waals surface area contributed by atoms with Crippen LogP contribution in [0.4, 0.5) is 5.69 Å². The van der Waals surface area contributed by atoms with Crippen LogP contribution >= 0.6 is 0 Å². The second kappa shape index (κ2) is 8.53. The van der Waals surface area contributed by atoms with Gasteiger partial charge in [-0.1, -0.05) is 0 Å². The highest BCUT2D eigenvalue weighted by molar-refractivity contribution is 6.12. The normalized spacial score (nSPS) is 21.3. The summed E-state index contributed by atoms with van der Waals surface area (Å²) in [5, 5.41) is 12.5. The molecule has 164 valence electrons. The van der Waals surface area contributed by atoms with Crippen LogP contribution < -0.4 is 5.32 Å². The zero-order valence-electron chi connectivity index (χ0n) is 17.5. The van der Waals surface area contributed by atoms with Crippen molar-refractivity contribution in [2.45, 2.75) is 45.4 Å². The summed E-state index contributed by atoms with van der Waals surface area (Å²) in [6.07, 6.45) is 4.66. The van der Waals surface area contributed by atoms with E-state index in [2.05, 4.69) is 5.32 Å². The van der Waals surface area contributed by atoms with Crippen molar-refractivity contribution in [1.29, 1.82) is 0 Å². The fraction of sp³-hybridized carbons (Fsp3) is 0.478. The summed E-state index contributed by atoms with van der Waals surface area (Å²) >= 11 is 0. The van der Waals surface area contributed by atoms with Crippen LogP contribution in [0, 0.1) is 11.8 Å². The number of anilines is 1. The maximum Gasteiger partial charge on any atom is 0.335 e. The van der Waals surface area contributed by atoms with Crippen molar-refractivity contribution in [2.24, 2.45) is 11.8 Å². The molecule has 0 bridgehead atoms. The molecule has 0 radical (unpaired) electrons. The van der Waals surface area contributed by atoms with E-state index in [0.29, 0.717) is 36.7 Å². The van der Waals surface area contributed by atoms with E-state index in [1.807, 2.05) is 4.90 Å². The van der Waals surface area contributed by atoms with Gasteiger partial charge in [0.15, 0.2) is 11.5 Å². The van der Waals surface area contributed by atoms with E-state index in [-0.39, 0.29) is 46.4 Å². The number of likely N-dealkylation sites (tertiary alicyclic amines) is 1. The number of benzene rings is 1. The molecule has 4 rings (SSSR count). The Morgan fingerprint density at radius 3 is 2.29 bits per heavy atom. The minimum Gasteiger partial charge on any atom is -0.478 e. The number of carbonyl (C=O) groups is 4. The molecule has 0 spiro atoms. The quantitative estimate of drug-likeness (QED) is 0.704. The van der Waals surface area contributed by atoms with Crippen LogP contribution in [0.3, 0.4) is 0 Å². The molecule has 1 aliphatic carbocycles. The first kappa shape index (κ1) is 21.1. The van der Waals surface area contributed by atoms with E-state index >= 15 is 0 Å². The van der Waals surface area contributed by atoms with E-state index in [4.69, 9.17) is 4.42 Å². The van der Waals surface area contributed by atoms with Gasteiger partial charge in [-0.15, -0.1) is 0 Å². The van der Waals surface area contributed by atoms with Gasteiger partial charge >= 0.3 is 5.97 Å². The van der Waals surface area contributed by atoms with Crippen LogP contribution in [0.25, 0.3) is 11.0 Å². The van der Waals surface area contributed by atoms with Crippen molar-refractivity contribution in [3.63, 3.8) is 0 Å². The predicted octanol–water partition coefficient (Wildman–Crippen LogP) is 3.70. The van der Waals surface area contributed by atoms with E-state index in [0.717, 1.165) is 25.9 Å². The minimum atomic E-state index is -1.11. The molecule has 2 fully saturated rings. The lowest BCUT2D eigenvalue weighted by Crippen LogP contribution is -2.37. The SMILES string of the molecule is CC(=O)c1oc2ccc(C(=O)O)cc2c1NC(=O)C1CCC(C(=O)N2CCCC2)CC1. The number of carboxylic acids is 1. The highest BCUT2D eigenvalue weighted by Crippen LogP contribution is 2.35. The monoisotopic (exact) mass is 426 g/mol. The second-order valence-corrected chi connectivity index (χ2v) is 8.45. The van der Waals surface area contributed by atoms with Crippen molar-refractivity contribution in [1.82, 2.24) is 4.90 Å². The number of carbonyl (C=O) groups excluding carboxylic acids is 3. The number of rotatable bonds is 5. The molecular formula is C23H26N2O6. The minimum absolute atomic E-state index is 0.00351. The number of nitrogens with one attached hydrogen (secondary N) is 1. The van der Waals surface area contributed by atoms with Crippen molar-refractivity contribution in [2.75, 3.05) is 18.4 Å². The lowest BCUT2D eigenvalue weighted by atomic mass is 9.81. The number of hydrogen-bond acceptors (Lipinski definition) is 5. The molecule has 2 aliphatic rings. The second-order valence-electron chi connectivity index (χ2n) is 8.45. The zero-order valence-corrected chi connectivity index (χ0v) is 17.5. The summed E-state index contributed by atoms with van der Waals surface area (Å²) in [5.74, 6) is -1.79. The lowest BCUT2D eigenvalue weighted by molar-refractivity contribution is -0.136. The Morgan fingerprint density at radius 1 is 1.03 bits per heavy atom. The van der Waals surface area contributed by atoms with Gasteiger partial charge in [-0.2, -0.15) is 0 Å². The molecule has 1 saturated carbocycles. The summed E-state index contributed by atoms with van der Waals surface area (Å²) in [4.78, 5) is 50.9. The van der Waals surface area contributed by atoms with Crippen molar-refractivity contribution in [3.8, 4) is 0 Å². The number of hydrogen-bond donors (Lipinski definition) is 2. The molecule has 0 unspecified atom stereocenters.